The standard InChI is InChI=1S/C31H43N3O2/c1-2-3-4-5-6-7-8-9-10-11-12-13-14-15-16-17-18-22-30(35)34-26-23-28(24-27-34)33-31(36)29-21-19-20-25-32-29/h3-4,6-7,9-10,12-13,15-16,19-21,25,28H,2,5,8,11,14,17-18,22-24,26-27H2,1H3,(H,33,36)/b4-3-,7-6-,10-9-,13-12-,16-15-. The Labute approximate surface area is 217 Å². The molecule has 194 valence electrons. The summed E-state index contributed by atoms with van der Waals surface area (Å²) in [5.41, 5.74) is 0.436. The zero-order chi connectivity index (χ0) is 25.7. The monoisotopic (exact) mass is 489 g/mol. The van der Waals surface area contributed by atoms with Gasteiger partial charge < -0.3 is 10.2 Å². The van der Waals surface area contributed by atoms with E-state index in [1.165, 1.54) is 0 Å². The van der Waals surface area contributed by atoms with Gasteiger partial charge in [0.2, 0.25) is 5.91 Å². The number of carbonyl (C=O) groups excluding carboxylic acids is 2. The number of unbranched alkanes of at least 4 members (excludes halogenated alkanes) is 1. The summed E-state index contributed by atoms with van der Waals surface area (Å²) in [5, 5.41) is 3.04. The number of nitrogens with one attached hydrogen (secondary N) is 1. The molecule has 0 radical (unpaired) electrons. The lowest BCUT2D eigenvalue weighted by atomic mass is 10.0. The van der Waals surface area contributed by atoms with E-state index in [0.717, 1.165) is 57.8 Å². The van der Waals surface area contributed by atoms with Crippen molar-refractivity contribution in [2.75, 3.05) is 13.1 Å². The first-order valence-corrected chi connectivity index (χ1v) is 13.4. The highest BCUT2D eigenvalue weighted by Crippen LogP contribution is 2.13. The number of likely N-dealkylation sites (tertiary alicyclic amines) is 1. The van der Waals surface area contributed by atoms with Crippen molar-refractivity contribution in [3.8, 4) is 0 Å². The van der Waals surface area contributed by atoms with Gasteiger partial charge in [-0.3, -0.25) is 14.6 Å². The van der Waals surface area contributed by atoms with Crippen LogP contribution in [0.25, 0.3) is 0 Å². The number of allylic oxidation sites excluding steroid dienone is 10. The van der Waals surface area contributed by atoms with Crippen LogP contribution in [0.5, 0.6) is 0 Å². The highest BCUT2D eigenvalue weighted by atomic mass is 16.2. The quantitative estimate of drug-likeness (QED) is 0.220. The maximum atomic E-state index is 12.5. The molecule has 0 aromatic carbocycles. The molecule has 0 saturated carbocycles. The molecule has 1 aromatic heterocycles. The van der Waals surface area contributed by atoms with Crippen LogP contribution in [-0.2, 0) is 4.79 Å². The van der Waals surface area contributed by atoms with Gasteiger partial charge in [0.1, 0.15) is 5.69 Å². The van der Waals surface area contributed by atoms with E-state index < -0.39 is 0 Å². The van der Waals surface area contributed by atoms with Gasteiger partial charge in [-0.1, -0.05) is 73.8 Å². The zero-order valence-corrected chi connectivity index (χ0v) is 21.9. The topological polar surface area (TPSA) is 62.3 Å². The molecule has 0 bridgehead atoms. The lowest BCUT2D eigenvalue weighted by Crippen LogP contribution is -2.46. The Hall–Kier alpha value is -3.21. The van der Waals surface area contributed by atoms with E-state index in [9.17, 15) is 9.59 Å². The summed E-state index contributed by atoms with van der Waals surface area (Å²) < 4.78 is 0. The molecule has 2 heterocycles. The van der Waals surface area contributed by atoms with Gasteiger partial charge in [-0.15, -0.1) is 0 Å². The molecule has 36 heavy (non-hydrogen) atoms. The summed E-state index contributed by atoms with van der Waals surface area (Å²) in [6.45, 7) is 3.55. The number of aromatic nitrogens is 1. The summed E-state index contributed by atoms with van der Waals surface area (Å²) in [5.74, 6) is 0.0780. The molecule has 0 spiro atoms. The number of piperidine rings is 1. The van der Waals surface area contributed by atoms with Crippen molar-refractivity contribution in [2.24, 2.45) is 0 Å². The second-order valence-electron chi connectivity index (χ2n) is 8.94. The van der Waals surface area contributed by atoms with Gasteiger partial charge in [0.25, 0.3) is 5.91 Å². The lowest BCUT2D eigenvalue weighted by Gasteiger charge is -2.32. The Morgan fingerprint density at radius 3 is 2.03 bits per heavy atom. The first-order valence-electron chi connectivity index (χ1n) is 13.4. The molecule has 1 aromatic rings. The Morgan fingerprint density at radius 1 is 0.889 bits per heavy atom. The van der Waals surface area contributed by atoms with Gasteiger partial charge in [-0.05, 0) is 69.9 Å². The second kappa shape index (κ2) is 19.0. The van der Waals surface area contributed by atoms with Gasteiger partial charge in [-0.25, -0.2) is 0 Å². The number of hydrogen-bond acceptors (Lipinski definition) is 3. The Bertz CT molecular complexity index is 892. The molecular weight excluding hydrogens is 446 g/mol. The van der Waals surface area contributed by atoms with Crippen LogP contribution < -0.4 is 5.32 Å². The molecule has 1 saturated heterocycles. The summed E-state index contributed by atoms with van der Waals surface area (Å²) in [4.78, 5) is 30.8. The fourth-order valence-electron chi connectivity index (χ4n) is 3.93. The minimum Gasteiger partial charge on any atom is -0.348 e. The third-order valence-corrected chi connectivity index (χ3v) is 6.00. The van der Waals surface area contributed by atoms with E-state index in [1.54, 1.807) is 18.3 Å². The number of carbonyl (C=O) groups is 2. The molecule has 1 aliphatic heterocycles. The van der Waals surface area contributed by atoms with Crippen LogP contribution in [0.4, 0.5) is 0 Å². The molecule has 0 aliphatic carbocycles. The molecule has 0 unspecified atom stereocenters. The van der Waals surface area contributed by atoms with Crippen molar-refractivity contribution in [1.82, 2.24) is 15.2 Å². The van der Waals surface area contributed by atoms with E-state index >= 15 is 0 Å². The van der Waals surface area contributed by atoms with Gasteiger partial charge in [-0.2, -0.15) is 0 Å². The van der Waals surface area contributed by atoms with Crippen molar-refractivity contribution in [1.29, 1.82) is 0 Å². The lowest BCUT2D eigenvalue weighted by molar-refractivity contribution is -0.132. The number of rotatable bonds is 15. The van der Waals surface area contributed by atoms with E-state index in [-0.39, 0.29) is 17.9 Å². The first kappa shape index (κ1) is 29.0. The Balaban J connectivity index is 1.47. The van der Waals surface area contributed by atoms with E-state index in [1.807, 2.05) is 11.0 Å². The third-order valence-electron chi connectivity index (χ3n) is 6.00. The molecule has 5 heteroatoms. The number of amides is 2. The molecule has 2 amide bonds. The maximum absolute atomic E-state index is 12.5. The number of nitrogens with zero attached hydrogens (tertiary/aromatic N) is 2. The Kier molecular flexibility index (Phi) is 15.3. The molecule has 2 rings (SSSR count). The summed E-state index contributed by atoms with van der Waals surface area (Å²) in [6.07, 6.45) is 32.6. The molecule has 1 aliphatic rings. The van der Waals surface area contributed by atoms with Gasteiger partial charge in [0.05, 0.1) is 0 Å². The van der Waals surface area contributed by atoms with Gasteiger partial charge in [0.15, 0.2) is 0 Å². The zero-order valence-electron chi connectivity index (χ0n) is 21.9. The van der Waals surface area contributed by atoms with E-state index in [4.69, 9.17) is 0 Å². The van der Waals surface area contributed by atoms with Crippen LogP contribution in [0.2, 0.25) is 0 Å². The minimum atomic E-state index is -0.141. The molecule has 5 nitrogen and oxygen atoms in total. The number of pyridine rings is 1. The van der Waals surface area contributed by atoms with Crippen LogP contribution in [0.1, 0.15) is 81.6 Å². The highest BCUT2D eigenvalue weighted by molar-refractivity contribution is 5.92. The van der Waals surface area contributed by atoms with Crippen LogP contribution in [0, 0.1) is 0 Å². The van der Waals surface area contributed by atoms with E-state index in [0.29, 0.717) is 25.2 Å². The normalized spacial score (nSPS) is 15.3. The van der Waals surface area contributed by atoms with Crippen molar-refractivity contribution in [3.05, 3.63) is 90.9 Å². The second-order valence-corrected chi connectivity index (χ2v) is 8.94. The minimum absolute atomic E-state index is 0.102. The Morgan fingerprint density at radius 2 is 1.47 bits per heavy atom. The fraction of sp³-hybridized carbons (Fsp3) is 0.452. The maximum Gasteiger partial charge on any atom is 0.270 e. The van der Waals surface area contributed by atoms with Crippen molar-refractivity contribution in [3.63, 3.8) is 0 Å². The molecule has 1 fully saturated rings. The van der Waals surface area contributed by atoms with E-state index in [2.05, 4.69) is 78.0 Å². The highest BCUT2D eigenvalue weighted by Gasteiger charge is 2.23. The van der Waals surface area contributed by atoms with Crippen molar-refractivity contribution >= 4 is 11.8 Å². The summed E-state index contributed by atoms with van der Waals surface area (Å²) >= 11 is 0. The van der Waals surface area contributed by atoms with Crippen LogP contribution in [-0.4, -0.2) is 40.8 Å². The predicted molar refractivity (Wildman–Crippen MR) is 150 cm³/mol. The third kappa shape index (κ3) is 13.0. The fourth-order valence-corrected chi connectivity index (χ4v) is 3.93. The summed E-state index contributed by atoms with van der Waals surface area (Å²) in [6, 6.07) is 5.42. The predicted octanol–water partition coefficient (Wildman–Crippen LogP) is 6.72. The van der Waals surface area contributed by atoms with Crippen molar-refractivity contribution < 1.29 is 9.59 Å². The smallest absolute Gasteiger partial charge is 0.270 e. The first-order chi connectivity index (χ1) is 17.7. The number of hydrogen-bond donors (Lipinski definition) is 1. The van der Waals surface area contributed by atoms with Crippen LogP contribution in [0.3, 0.4) is 0 Å². The van der Waals surface area contributed by atoms with Gasteiger partial charge >= 0.3 is 0 Å². The van der Waals surface area contributed by atoms with Crippen LogP contribution in [0.15, 0.2) is 85.2 Å². The molecular formula is C31H43N3O2. The average molecular weight is 490 g/mol. The average Bonchev–Trinajstić information content (AvgIpc) is 2.91. The van der Waals surface area contributed by atoms with Crippen LogP contribution >= 0.6 is 0 Å². The SMILES string of the molecule is CC/C=C\C/C=C\C/C=C\C/C=C\C/C=C\CCCC(=O)N1CCC(NC(=O)c2ccccn2)CC1. The largest absolute Gasteiger partial charge is 0.348 e. The molecule has 0 atom stereocenters. The van der Waals surface area contributed by atoms with Crippen molar-refractivity contribution in [2.45, 2.75) is 77.2 Å². The summed E-state index contributed by atoms with van der Waals surface area (Å²) in [7, 11) is 0. The van der Waals surface area contributed by atoms with Gasteiger partial charge in [0, 0.05) is 31.7 Å². The molecule has 1 N–H and O–H groups in total.